The quantitative estimate of drug-likeness (QED) is 0.746. The monoisotopic (exact) mass is 294 g/mol. The number of hydrogen-bond acceptors (Lipinski definition) is 0. The fourth-order valence-corrected chi connectivity index (χ4v) is 2.78. The Bertz CT molecular complexity index is 246. The van der Waals surface area contributed by atoms with Crippen molar-refractivity contribution in [2.75, 3.05) is 10.7 Å². The molecule has 0 N–H and O–H groups in total. The molecule has 0 aliphatic carbocycles. The van der Waals surface area contributed by atoms with Crippen molar-refractivity contribution >= 4 is 31.9 Å². The van der Waals surface area contributed by atoms with Gasteiger partial charge in [0, 0.05) is 16.6 Å². The molecular formula is C9H9Br2F. The summed E-state index contributed by atoms with van der Waals surface area (Å²) in [5.41, 5.74) is 0.770. The molecule has 1 aromatic rings. The molecule has 66 valence electrons. The van der Waals surface area contributed by atoms with Crippen LogP contribution in [0.4, 0.5) is 4.39 Å². The first kappa shape index (κ1) is 10.2. The fourth-order valence-electron chi connectivity index (χ4n) is 1.01. The molecule has 0 saturated carbocycles. The van der Waals surface area contributed by atoms with Gasteiger partial charge in [0.05, 0.1) is 0 Å². The minimum absolute atomic E-state index is 0.124. The highest BCUT2D eigenvalue weighted by Crippen LogP contribution is 2.22. The maximum Gasteiger partial charge on any atom is 0.126 e. The predicted molar refractivity (Wildman–Crippen MR) is 56.7 cm³/mol. The van der Waals surface area contributed by atoms with E-state index in [2.05, 4.69) is 31.9 Å². The van der Waals surface area contributed by atoms with Crippen molar-refractivity contribution in [1.82, 2.24) is 0 Å². The summed E-state index contributed by atoms with van der Waals surface area (Å²) in [6, 6.07) is 6.88. The van der Waals surface area contributed by atoms with Crippen LogP contribution in [-0.2, 0) is 0 Å². The van der Waals surface area contributed by atoms with Crippen molar-refractivity contribution in [3.8, 4) is 0 Å². The zero-order valence-corrected chi connectivity index (χ0v) is 9.61. The van der Waals surface area contributed by atoms with Crippen molar-refractivity contribution in [3.63, 3.8) is 0 Å². The molecule has 3 heteroatoms. The molecule has 0 amide bonds. The maximum absolute atomic E-state index is 13.2. The topological polar surface area (TPSA) is 0 Å². The normalized spacial score (nSPS) is 10.7. The molecule has 12 heavy (non-hydrogen) atoms. The fraction of sp³-hybridized carbons (Fsp3) is 0.333. The van der Waals surface area contributed by atoms with Crippen LogP contribution in [0.25, 0.3) is 0 Å². The van der Waals surface area contributed by atoms with Gasteiger partial charge >= 0.3 is 0 Å². The Balaban J connectivity index is 2.92. The molecule has 1 rings (SSSR count). The van der Waals surface area contributed by atoms with Gasteiger partial charge in [-0.05, 0) is 11.6 Å². The third-order valence-corrected chi connectivity index (χ3v) is 3.28. The third-order valence-electron chi connectivity index (χ3n) is 1.72. The minimum atomic E-state index is -0.124. The van der Waals surface area contributed by atoms with Crippen LogP contribution in [0.1, 0.15) is 11.5 Å². The van der Waals surface area contributed by atoms with E-state index in [1.807, 2.05) is 12.1 Å². The molecule has 0 atom stereocenters. The zero-order valence-electron chi connectivity index (χ0n) is 6.43. The summed E-state index contributed by atoms with van der Waals surface area (Å²) in [5, 5.41) is 1.55. The van der Waals surface area contributed by atoms with Crippen LogP contribution in [0, 0.1) is 5.82 Å². The van der Waals surface area contributed by atoms with Crippen LogP contribution in [0.5, 0.6) is 0 Å². The maximum atomic E-state index is 13.2. The van der Waals surface area contributed by atoms with Gasteiger partial charge in [-0.3, -0.25) is 0 Å². The van der Waals surface area contributed by atoms with Crippen LogP contribution < -0.4 is 0 Å². The van der Waals surface area contributed by atoms with Crippen molar-refractivity contribution < 1.29 is 4.39 Å². The first-order valence-electron chi connectivity index (χ1n) is 3.66. The van der Waals surface area contributed by atoms with Gasteiger partial charge < -0.3 is 0 Å². The van der Waals surface area contributed by atoms with Gasteiger partial charge in [0.2, 0.25) is 0 Å². The van der Waals surface area contributed by atoms with Crippen molar-refractivity contribution in [1.29, 1.82) is 0 Å². The van der Waals surface area contributed by atoms with Gasteiger partial charge in [0.1, 0.15) is 5.82 Å². The Hall–Kier alpha value is 0.110. The molecule has 0 aromatic heterocycles. The van der Waals surface area contributed by atoms with E-state index in [1.54, 1.807) is 6.07 Å². The number of halogens is 3. The van der Waals surface area contributed by atoms with E-state index in [9.17, 15) is 4.39 Å². The highest BCUT2D eigenvalue weighted by molar-refractivity contribution is 9.09. The number of hydrogen-bond donors (Lipinski definition) is 0. The summed E-state index contributed by atoms with van der Waals surface area (Å²) in [6.45, 7) is 0. The summed E-state index contributed by atoms with van der Waals surface area (Å²) in [5.74, 6) is 0.0904. The van der Waals surface area contributed by atoms with Gasteiger partial charge in [-0.15, -0.1) is 0 Å². The average Bonchev–Trinajstić information content (AvgIpc) is 2.10. The molecule has 0 fully saturated rings. The van der Waals surface area contributed by atoms with Crippen molar-refractivity contribution in [2.24, 2.45) is 0 Å². The number of benzene rings is 1. The molecule has 0 heterocycles. The van der Waals surface area contributed by atoms with Gasteiger partial charge in [0.15, 0.2) is 0 Å². The second-order valence-electron chi connectivity index (χ2n) is 2.53. The largest absolute Gasteiger partial charge is 0.207 e. The Kier molecular flexibility index (Phi) is 4.22. The lowest BCUT2D eigenvalue weighted by atomic mass is 10.0. The van der Waals surface area contributed by atoms with Gasteiger partial charge in [-0.1, -0.05) is 50.1 Å². The van der Waals surface area contributed by atoms with E-state index in [-0.39, 0.29) is 11.7 Å². The smallest absolute Gasteiger partial charge is 0.126 e. The molecule has 1 aromatic carbocycles. The summed E-state index contributed by atoms with van der Waals surface area (Å²) in [6.07, 6.45) is 0. The number of alkyl halides is 2. The van der Waals surface area contributed by atoms with Crippen LogP contribution in [0.3, 0.4) is 0 Å². The van der Waals surface area contributed by atoms with E-state index in [1.165, 1.54) is 6.07 Å². The van der Waals surface area contributed by atoms with E-state index in [4.69, 9.17) is 0 Å². The Labute approximate surface area is 88.4 Å². The molecule has 0 radical (unpaired) electrons. The highest BCUT2D eigenvalue weighted by atomic mass is 79.9. The summed E-state index contributed by atoms with van der Waals surface area (Å²) in [4.78, 5) is 0. The molecule has 0 spiro atoms. The molecule has 0 bridgehead atoms. The third kappa shape index (κ3) is 2.30. The lowest BCUT2D eigenvalue weighted by molar-refractivity contribution is 0.601. The van der Waals surface area contributed by atoms with Gasteiger partial charge in [-0.2, -0.15) is 0 Å². The zero-order chi connectivity index (χ0) is 8.97. The first-order valence-corrected chi connectivity index (χ1v) is 5.90. The van der Waals surface area contributed by atoms with Crippen LogP contribution in [0.15, 0.2) is 24.3 Å². The summed E-state index contributed by atoms with van der Waals surface area (Å²) in [7, 11) is 0. The Morgan fingerprint density at radius 2 is 1.75 bits per heavy atom. The lowest BCUT2D eigenvalue weighted by Gasteiger charge is -2.11. The van der Waals surface area contributed by atoms with Crippen molar-refractivity contribution in [3.05, 3.63) is 35.6 Å². The standard InChI is InChI=1S/C9H9Br2F/c10-5-7(6-11)8-3-1-2-4-9(8)12/h1-4,7H,5-6H2. The Morgan fingerprint density at radius 3 is 2.25 bits per heavy atom. The lowest BCUT2D eigenvalue weighted by Crippen LogP contribution is -2.03. The Morgan fingerprint density at radius 1 is 1.17 bits per heavy atom. The first-order chi connectivity index (χ1) is 5.79. The molecular weight excluding hydrogens is 287 g/mol. The molecule has 0 aliphatic heterocycles. The molecule has 0 saturated heterocycles. The van der Waals surface area contributed by atoms with E-state index in [0.717, 1.165) is 16.2 Å². The molecule has 0 aliphatic rings. The SMILES string of the molecule is Fc1ccccc1C(CBr)CBr. The molecule has 0 unspecified atom stereocenters. The highest BCUT2D eigenvalue weighted by Gasteiger charge is 2.11. The predicted octanol–water partition coefficient (Wildman–Crippen LogP) is 3.70. The second kappa shape index (κ2) is 4.97. The minimum Gasteiger partial charge on any atom is -0.207 e. The van der Waals surface area contributed by atoms with E-state index < -0.39 is 0 Å². The molecule has 0 nitrogen and oxygen atoms in total. The average molecular weight is 296 g/mol. The van der Waals surface area contributed by atoms with E-state index in [0.29, 0.717) is 0 Å². The van der Waals surface area contributed by atoms with Crippen LogP contribution in [0.2, 0.25) is 0 Å². The summed E-state index contributed by atoms with van der Waals surface area (Å²) < 4.78 is 13.2. The van der Waals surface area contributed by atoms with Crippen LogP contribution >= 0.6 is 31.9 Å². The van der Waals surface area contributed by atoms with Crippen LogP contribution in [-0.4, -0.2) is 10.7 Å². The van der Waals surface area contributed by atoms with Gasteiger partial charge in [0.25, 0.3) is 0 Å². The van der Waals surface area contributed by atoms with E-state index >= 15 is 0 Å². The second-order valence-corrected chi connectivity index (χ2v) is 3.82. The number of rotatable bonds is 3. The van der Waals surface area contributed by atoms with Crippen molar-refractivity contribution in [2.45, 2.75) is 5.92 Å². The van der Waals surface area contributed by atoms with Gasteiger partial charge in [-0.25, -0.2) is 4.39 Å². The summed E-state index contributed by atoms with van der Waals surface area (Å²) >= 11 is 6.70.